The van der Waals surface area contributed by atoms with E-state index in [1.54, 1.807) is 24.3 Å². The van der Waals surface area contributed by atoms with Gasteiger partial charge in [0.25, 0.3) is 0 Å². The lowest BCUT2D eigenvalue weighted by atomic mass is 10.0. The van der Waals surface area contributed by atoms with Crippen LogP contribution in [0.25, 0.3) is 11.1 Å². The molecule has 3 aromatic carbocycles. The standard InChI is InChI=1S/C21H16ClFO2/c1-14(24)18-9-7-16(19-12-17(22)8-10-20(19)23)11-21(18)25-13-15-5-3-2-4-6-15/h2-12H,13H2,1H3. The third-order valence-corrected chi connectivity index (χ3v) is 4.07. The van der Waals surface area contributed by atoms with Crippen LogP contribution in [0.15, 0.2) is 66.7 Å². The molecule has 4 heteroatoms. The largest absolute Gasteiger partial charge is 0.488 e. The molecule has 0 bridgehead atoms. The molecule has 0 fully saturated rings. The molecule has 0 heterocycles. The van der Waals surface area contributed by atoms with Gasteiger partial charge in [0.15, 0.2) is 5.78 Å². The highest BCUT2D eigenvalue weighted by Gasteiger charge is 2.13. The van der Waals surface area contributed by atoms with E-state index in [0.717, 1.165) is 5.56 Å². The number of ether oxygens (including phenoxy) is 1. The van der Waals surface area contributed by atoms with Gasteiger partial charge in [0.05, 0.1) is 5.56 Å². The van der Waals surface area contributed by atoms with Crippen molar-refractivity contribution in [2.45, 2.75) is 13.5 Å². The Morgan fingerprint density at radius 3 is 2.52 bits per heavy atom. The van der Waals surface area contributed by atoms with E-state index in [0.29, 0.717) is 34.1 Å². The number of hydrogen-bond acceptors (Lipinski definition) is 2. The molecule has 0 unspecified atom stereocenters. The summed E-state index contributed by atoms with van der Waals surface area (Å²) in [5.41, 5.74) is 2.42. The highest BCUT2D eigenvalue weighted by Crippen LogP contribution is 2.31. The average molecular weight is 355 g/mol. The number of Topliss-reactive ketones (excluding diaryl/α,β-unsaturated/α-hetero) is 1. The summed E-state index contributed by atoms with van der Waals surface area (Å²) in [5, 5.41) is 0.443. The lowest BCUT2D eigenvalue weighted by molar-refractivity contribution is 0.101. The first-order chi connectivity index (χ1) is 12.0. The molecule has 0 saturated heterocycles. The molecule has 0 N–H and O–H groups in total. The van der Waals surface area contributed by atoms with Crippen LogP contribution in [0, 0.1) is 5.82 Å². The van der Waals surface area contributed by atoms with Crippen molar-refractivity contribution in [1.29, 1.82) is 0 Å². The van der Waals surface area contributed by atoms with Gasteiger partial charge in [0, 0.05) is 10.6 Å². The minimum absolute atomic E-state index is 0.110. The second-order valence-electron chi connectivity index (χ2n) is 5.67. The molecule has 3 aromatic rings. The van der Waals surface area contributed by atoms with E-state index in [-0.39, 0.29) is 11.6 Å². The minimum Gasteiger partial charge on any atom is -0.488 e. The SMILES string of the molecule is CC(=O)c1ccc(-c2cc(Cl)ccc2F)cc1OCc1ccccc1. The van der Waals surface area contributed by atoms with E-state index in [1.165, 1.54) is 19.1 Å². The van der Waals surface area contributed by atoms with Crippen molar-refractivity contribution in [3.05, 3.63) is 88.7 Å². The van der Waals surface area contributed by atoms with Crippen LogP contribution in [0.2, 0.25) is 5.02 Å². The van der Waals surface area contributed by atoms with Gasteiger partial charge in [-0.05, 0) is 48.4 Å². The van der Waals surface area contributed by atoms with Gasteiger partial charge < -0.3 is 4.74 Å². The Bertz CT molecular complexity index is 907. The number of carbonyl (C=O) groups excluding carboxylic acids is 1. The fourth-order valence-corrected chi connectivity index (χ4v) is 2.73. The highest BCUT2D eigenvalue weighted by atomic mass is 35.5. The summed E-state index contributed by atoms with van der Waals surface area (Å²) in [6, 6.07) is 19.0. The molecule has 126 valence electrons. The predicted octanol–water partition coefficient (Wildman–Crippen LogP) is 5.93. The molecule has 0 aliphatic carbocycles. The highest BCUT2D eigenvalue weighted by molar-refractivity contribution is 6.30. The van der Waals surface area contributed by atoms with E-state index >= 15 is 0 Å². The summed E-state index contributed by atoms with van der Waals surface area (Å²) in [7, 11) is 0. The molecule has 0 aromatic heterocycles. The fraction of sp³-hybridized carbons (Fsp3) is 0.0952. The second-order valence-corrected chi connectivity index (χ2v) is 6.10. The zero-order valence-corrected chi connectivity index (χ0v) is 14.4. The fourth-order valence-electron chi connectivity index (χ4n) is 2.55. The molecule has 0 aliphatic rings. The summed E-state index contributed by atoms with van der Waals surface area (Å²) < 4.78 is 20.0. The minimum atomic E-state index is -0.381. The molecule has 25 heavy (non-hydrogen) atoms. The van der Waals surface area contributed by atoms with E-state index in [9.17, 15) is 9.18 Å². The quantitative estimate of drug-likeness (QED) is 0.531. The Morgan fingerprint density at radius 1 is 1.04 bits per heavy atom. The van der Waals surface area contributed by atoms with Gasteiger partial charge in [0.2, 0.25) is 0 Å². The van der Waals surface area contributed by atoms with Crippen molar-refractivity contribution in [3.8, 4) is 16.9 Å². The zero-order chi connectivity index (χ0) is 17.8. The molecule has 0 aliphatic heterocycles. The number of halogens is 2. The lowest BCUT2D eigenvalue weighted by Gasteiger charge is -2.13. The van der Waals surface area contributed by atoms with Gasteiger partial charge in [-0.2, -0.15) is 0 Å². The summed E-state index contributed by atoms with van der Waals surface area (Å²) in [4.78, 5) is 11.9. The maximum absolute atomic E-state index is 14.1. The molecule has 0 spiro atoms. The Labute approximate surface area is 150 Å². The Hall–Kier alpha value is -2.65. The topological polar surface area (TPSA) is 26.3 Å². The summed E-state index contributed by atoms with van der Waals surface area (Å²) in [6.45, 7) is 1.80. The lowest BCUT2D eigenvalue weighted by Crippen LogP contribution is -2.02. The number of hydrogen-bond donors (Lipinski definition) is 0. The van der Waals surface area contributed by atoms with Crippen molar-refractivity contribution in [1.82, 2.24) is 0 Å². The summed E-state index contributed by atoms with van der Waals surface area (Å²) in [6.07, 6.45) is 0. The van der Waals surface area contributed by atoms with Crippen molar-refractivity contribution in [3.63, 3.8) is 0 Å². The monoisotopic (exact) mass is 354 g/mol. The average Bonchev–Trinajstić information content (AvgIpc) is 2.62. The number of benzene rings is 3. The van der Waals surface area contributed by atoms with Crippen LogP contribution >= 0.6 is 11.6 Å². The van der Waals surface area contributed by atoms with Crippen LogP contribution < -0.4 is 4.74 Å². The smallest absolute Gasteiger partial charge is 0.163 e. The summed E-state index contributed by atoms with van der Waals surface area (Å²) in [5.74, 6) is -0.0663. The first-order valence-electron chi connectivity index (χ1n) is 7.82. The van der Waals surface area contributed by atoms with Gasteiger partial charge in [0.1, 0.15) is 18.2 Å². The van der Waals surface area contributed by atoms with Crippen LogP contribution in [0.4, 0.5) is 4.39 Å². The van der Waals surface area contributed by atoms with Gasteiger partial charge in [-0.3, -0.25) is 4.79 Å². The van der Waals surface area contributed by atoms with Crippen LogP contribution in [0.5, 0.6) is 5.75 Å². The number of carbonyl (C=O) groups is 1. The Balaban J connectivity index is 1.97. The zero-order valence-electron chi connectivity index (χ0n) is 13.6. The molecule has 0 saturated carbocycles. The van der Waals surface area contributed by atoms with Gasteiger partial charge in [-0.1, -0.05) is 48.0 Å². The molecular weight excluding hydrogens is 339 g/mol. The molecule has 3 rings (SSSR count). The normalized spacial score (nSPS) is 10.5. The van der Waals surface area contributed by atoms with Crippen molar-refractivity contribution >= 4 is 17.4 Å². The molecule has 0 radical (unpaired) electrons. The van der Waals surface area contributed by atoms with Crippen LogP contribution in [-0.2, 0) is 6.61 Å². The maximum Gasteiger partial charge on any atom is 0.163 e. The Kier molecular flexibility index (Phi) is 5.15. The summed E-state index contributed by atoms with van der Waals surface area (Å²) >= 11 is 5.98. The first-order valence-corrected chi connectivity index (χ1v) is 8.19. The van der Waals surface area contributed by atoms with Crippen molar-refractivity contribution < 1.29 is 13.9 Å². The predicted molar refractivity (Wildman–Crippen MR) is 97.6 cm³/mol. The second kappa shape index (κ2) is 7.49. The van der Waals surface area contributed by atoms with Crippen LogP contribution in [0.1, 0.15) is 22.8 Å². The Morgan fingerprint density at radius 2 is 1.80 bits per heavy atom. The van der Waals surface area contributed by atoms with Crippen LogP contribution in [0.3, 0.4) is 0 Å². The molecular formula is C21H16ClFO2. The third kappa shape index (κ3) is 4.06. The van der Waals surface area contributed by atoms with Crippen molar-refractivity contribution in [2.24, 2.45) is 0 Å². The van der Waals surface area contributed by atoms with Gasteiger partial charge in [-0.25, -0.2) is 4.39 Å². The number of ketones is 1. The van der Waals surface area contributed by atoms with E-state index in [2.05, 4.69) is 0 Å². The third-order valence-electron chi connectivity index (χ3n) is 3.84. The maximum atomic E-state index is 14.1. The van der Waals surface area contributed by atoms with Gasteiger partial charge >= 0.3 is 0 Å². The first kappa shape index (κ1) is 17.2. The van der Waals surface area contributed by atoms with E-state index in [4.69, 9.17) is 16.3 Å². The number of rotatable bonds is 5. The van der Waals surface area contributed by atoms with Crippen molar-refractivity contribution in [2.75, 3.05) is 0 Å². The molecule has 0 amide bonds. The van der Waals surface area contributed by atoms with E-state index < -0.39 is 0 Å². The molecule has 2 nitrogen and oxygen atoms in total. The van der Waals surface area contributed by atoms with E-state index in [1.807, 2.05) is 30.3 Å². The van der Waals surface area contributed by atoms with Crippen LogP contribution in [-0.4, -0.2) is 5.78 Å². The van der Waals surface area contributed by atoms with Gasteiger partial charge in [-0.15, -0.1) is 0 Å². The molecule has 0 atom stereocenters.